The number of hydrogen-bond acceptors (Lipinski definition) is 6. The van der Waals surface area contributed by atoms with Crippen molar-refractivity contribution in [2.45, 2.75) is 6.92 Å². The molecule has 0 bridgehead atoms. The number of nitro groups is 1. The van der Waals surface area contributed by atoms with Crippen molar-refractivity contribution in [3.8, 4) is 17.6 Å². The standard InChI is InChI=1S/C18H13ClN2O5/c1-2-25-16-10-13(11-20)9-15(19)18(16)26-17(22)7-6-12-4-3-5-14(8-12)21(23)24/h3-10H,2H2,1H3/b7-6+. The fourth-order valence-corrected chi connectivity index (χ4v) is 2.28. The van der Waals surface area contributed by atoms with E-state index in [2.05, 4.69) is 0 Å². The van der Waals surface area contributed by atoms with Gasteiger partial charge in [-0.3, -0.25) is 10.1 Å². The minimum atomic E-state index is -0.746. The molecule has 0 fully saturated rings. The van der Waals surface area contributed by atoms with E-state index in [0.29, 0.717) is 12.2 Å². The Morgan fingerprint density at radius 1 is 1.38 bits per heavy atom. The summed E-state index contributed by atoms with van der Waals surface area (Å²) < 4.78 is 10.6. The molecule has 26 heavy (non-hydrogen) atoms. The van der Waals surface area contributed by atoms with Crippen molar-refractivity contribution in [1.29, 1.82) is 5.26 Å². The number of hydrogen-bond donors (Lipinski definition) is 0. The molecule has 132 valence electrons. The Labute approximate surface area is 154 Å². The number of halogens is 1. The molecule has 0 aromatic heterocycles. The minimum absolute atomic E-state index is 0.00112. The van der Waals surface area contributed by atoms with Crippen LogP contribution in [0.15, 0.2) is 42.5 Å². The van der Waals surface area contributed by atoms with Crippen molar-refractivity contribution in [3.63, 3.8) is 0 Å². The van der Waals surface area contributed by atoms with Crippen LogP contribution < -0.4 is 9.47 Å². The summed E-state index contributed by atoms with van der Waals surface area (Å²) >= 11 is 6.06. The Kier molecular flexibility index (Phi) is 6.31. The number of carbonyl (C=O) groups excluding carboxylic acids is 1. The van der Waals surface area contributed by atoms with E-state index in [-0.39, 0.29) is 27.8 Å². The number of esters is 1. The molecule has 8 heteroatoms. The van der Waals surface area contributed by atoms with E-state index >= 15 is 0 Å². The van der Waals surface area contributed by atoms with Crippen molar-refractivity contribution >= 4 is 29.3 Å². The Morgan fingerprint density at radius 3 is 2.81 bits per heavy atom. The Bertz CT molecular complexity index is 918. The van der Waals surface area contributed by atoms with Crippen molar-refractivity contribution < 1.29 is 19.2 Å². The molecule has 2 aromatic rings. The van der Waals surface area contributed by atoms with Gasteiger partial charge < -0.3 is 9.47 Å². The highest BCUT2D eigenvalue weighted by Crippen LogP contribution is 2.36. The third-order valence-electron chi connectivity index (χ3n) is 3.13. The smallest absolute Gasteiger partial charge is 0.336 e. The largest absolute Gasteiger partial charge is 0.490 e. The van der Waals surface area contributed by atoms with Gasteiger partial charge in [0, 0.05) is 24.3 Å². The molecular formula is C18H13ClN2O5. The zero-order valence-corrected chi connectivity index (χ0v) is 14.4. The second-order valence-electron chi connectivity index (χ2n) is 4.94. The molecule has 0 amide bonds. The van der Waals surface area contributed by atoms with Gasteiger partial charge in [0.25, 0.3) is 5.69 Å². The molecule has 2 rings (SSSR count). The lowest BCUT2D eigenvalue weighted by Crippen LogP contribution is -2.06. The molecule has 0 radical (unpaired) electrons. The first kappa shape index (κ1) is 19.0. The first-order chi connectivity index (χ1) is 12.4. The quantitative estimate of drug-likeness (QED) is 0.248. The van der Waals surface area contributed by atoms with E-state index in [1.807, 2.05) is 6.07 Å². The SMILES string of the molecule is CCOc1cc(C#N)cc(Cl)c1OC(=O)/C=C/c1cccc([N+](=O)[O-])c1. The maximum absolute atomic E-state index is 12.0. The van der Waals surface area contributed by atoms with Gasteiger partial charge in [-0.15, -0.1) is 0 Å². The summed E-state index contributed by atoms with van der Waals surface area (Å²) in [6, 6.07) is 10.5. The van der Waals surface area contributed by atoms with E-state index in [9.17, 15) is 14.9 Å². The highest BCUT2D eigenvalue weighted by Gasteiger charge is 2.15. The number of ether oxygens (including phenoxy) is 2. The van der Waals surface area contributed by atoms with Crippen LogP contribution in [0.1, 0.15) is 18.1 Å². The van der Waals surface area contributed by atoms with Gasteiger partial charge >= 0.3 is 5.97 Å². The van der Waals surface area contributed by atoms with E-state index < -0.39 is 10.9 Å². The Hall–Kier alpha value is -3.37. The van der Waals surface area contributed by atoms with Crippen LogP contribution >= 0.6 is 11.6 Å². The maximum atomic E-state index is 12.0. The van der Waals surface area contributed by atoms with Crippen LogP contribution in [0, 0.1) is 21.4 Å². The number of nitrogens with zero attached hydrogens (tertiary/aromatic N) is 2. The van der Waals surface area contributed by atoms with Crippen LogP contribution in [0.2, 0.25) is 5.02 Å². The summed E-state index contributed by atoms with van der Waals surface area (Å²) in [5.74, 6) is -0.570. The predicted octanol–water partition coefficient (Wildman–Crippen LogP) is 4.14. The molecule has 0 saturated heterocycles. The number of nitriles is 1. The number of carbonyl (C=O) groups is 1. The molecule has 0 aliphatic heterocycles. The van der Waals surface area contributed by atoms with Crippen LogP contribution in [0.3, 0.4) is 0 Å². The molecule has 7 nitrogen and oxygen atoms in total. The lowest BCUT2D eigenvalue weighted by molar-refractivity contribution is -0.384. The molecule has 0 spiro atoms. The van der Waals surface area contributed by atoms with Crippen molar-refractivity contribution in [1.82, 2.24) is 0 Å². The van der Waals surface area contributed by atoms with Gasteiger partial charge in [0.1, 0.15) is 0 Å². The molecular weight excluding hydrogens is 360 g/mol. The van der Waals surface area contributed by atoms with Gasteiger partial charge in [-0.05, 0) is 24.6 Å². The Morgan fingerprint density at radius 2 is 2.15 bits per heavy atom. The average Bonchev–Trinajstić information content (AvgIpc) is 2.63. The summed E-state index contributed by atoms with van der Waals surface area (Å²) in [6.45, 7) is 2.03. The fourth-order valence-electron chi connectivity index (χ4n) is 2.04. The number of non-ortho nitro benzene ring substituents is 1. The van der Waals surface area contributed by atoms with Crippen LogP contribution in [0.25, 0.3) is 6.08 Å². The van der Waals surface area contributed by atoms with Gasteiger partial charge in [-0.25, -0.2) is 4.79 Å². The summed E-state index contributed by atoms with van der Waals surface area (Å²) in [4.78, 5) is 22.3. The summed E-state index contributed by atoms with van der Waals surface area (Å²) in [7, 11) is 0. The molecule has 0 aliphatic rings. The van der Waals surface area contributed by atoms with Crippen LogP contribution in [0.5, 0.6) is 11.5 Å². The van der Waals surface area contributed by atoms with Crippen LogP contribution in [0.4, 0.5) is 5.69 Å². The van der Waals surface area contributed by atoms with Gasteiger partial charge in [-0.1, -0.05) is 23.7 Å². The third-order valence-corrected chi connectivity index (χ3v) is 3.41. The fraction of sp³-hybridized carbons (Fsp3) is 0.111. The lowest BCUT2D eigenvalue weighted by atomic mass is 10.2. The van der Waals surface area contributed by atoms with E-state index in [1.165, 1.54) is 36.4 Å². The monoisotopic (exact) mass is 372 g/mol. The molecule has 2 aromatic carbocycles. The highest BCUT2D eigenvalue weighted by atomic mass is 35.5. The van der Waals surface area contributed by atoms with E-state index in [4.69, 9.17) is 26.3 Å². The van der Waals surface area contributed by atoms with Crippen LogP contribution in [-0.2, 0) is 4.79 Å². The van der Waals surface area contributed by atoms with Crippen molar-refractivity contribution in [2.24, 2.45) is 0 Å². The zero-order chi connectivity index (χ0) is 19.1. The molecule has 0 aliphatic carbocycles. The van der Waals surface area contributed by atoms with Gasteiger partial charge in [0.15, 0.2) is 11.5 Å². The van der Waals surface area contributed by atoms with Gasteiger partial charge in [0.2, 0.25) is 0 Å². The molecule has 0 N–H and O–H groups in total. The lowest BCUT2D eigenvalue weighted by Gasteiger charge is -2.11. The second kappa shape index (κ2) is 8.65. The minimum Gasteiger partial charge on any atom is -0.490 e. The number of rotatable bonds is 6. The van der Waals surface area contributed by atoms with E-state index in [0.717, 1.165) is 6.08 Å². The van der Waals surface area contributed by atoms with Crippen LogP contribution in [-0.4, -0.2) is 17.5 Å². The van der Waals surface area contributed by atoms with Crippen molar-refractivity contribution in [2.75, 3.05) is 6.61 Å². The number of benzene rings is 2. The first-order valence-corrected chi connectivity index (χ1v) is 7.83. The summed E-state index contributed by atoms with van der Waals surface area (Å²) in [5, 5.41) is 19.8. The molecule has 0 heterocycles. The normalized spacial score (nSPS) is 10.3. The van der Waals surface area contributed by atoms with Gasteiger partial charge in [-0.2, -0.15) is 5.26 Å². The zero-order valence-electron chi connectivity index (χ0n) is 13.6. The van der Waals surface area contributed by atoms with E-state index in [1.54, 1.807) is 13.0 Å². The maximum Gasteiger partial charge on any atom is 0.336 e. The summed E-state index contributed by atoms with van der Waals surface area (Å²) in [5.41, 5.74) is 0.645. The predicted molar refractivity (Wildman–Crippen MR) is 95.1 cm³/mol. The highest BCUT2D eigenvalue weighted by molar-refractivity contribution is 6.32. The number of nitro benzene ring substituents is 1. The third kappa shape index (κ3) is 4.82. The first-order valence-electron chi connectivity index (χ1n) is 7.45. The Balaban J connectivity index is 2.21. The molecule has 0 unspecified atom stereocenters. The summed E-state index contributed by atoms with van der Waals surface area (Å²) in [6.07, 6.45) is 2.50. The topological polar surface area (TPSA) is 102 Å². The second-order valence-corrected chi connectivity index (χ2v) is 5.34. The van der Waals surface area contributed by atoms with Crippen molar-refractivity contribution in [3.05, 3.63) is 68.7 Å². The average molecular weight is 373 g/mol. The molecule has 0 atom stereocenters. The molecule has 0 saturated carbocycles. The van der Waals surface area contributed by atoms with Gasteiger partial charge in [0.05, 0.1) is 28.2 Å².